The van der Waals surface area contributed by atoms with E-state index >= 15 is 0 Å². The fourth-order valence-electron chi connectivity index (χ4n) is 3.23. The van der Waals surface area contributed by atoms with Crippen LogP contribution in [0.1, 0.15) is 11.3 Å². The summed E-state index contributed by atoms with van der Waals surface area (Å²) in [6.07, 6.45) is 1.62. The molecule has 0 radical (unpaired) electrons. The Morgan fingerprint density at radius 2 is 1.88 bits per heavy atom. The lowest BCUT2D eigenvalue weighted by molar-refractivity contribution is -0.116. The molecule has 4 rings (SSSR count). The first-order valence-corrected chi connectivity index (χ1v) is 12.8. The van der Waals surface area contributed by atoms with Crippen LogP contribution in [-0.2, 0) is 21.2 Å². The lowest BCUT2D eigenvalue weighted by atomic mass is 10.2. The van der Waals surface area contributed by atoms with Gasteiger partial charge in [0.2, 0.25) is 5.91 Å². The number of rotatable bonds is 7. The molecule has 10 heteroatoms. The minimum atomic E-state index is -3.89. The monoisotopic (exact) mass is 501 g/mol. The number of fused-ring (bicyclic) bond motifs is 1. The molecular formula is C23H20ClN3O4S2. The van der Waals surface area contributed by atoms with E-state index < -0.39 is 21.5 Å². The van der Waals surface area contributed by atoms with Crippen LogP contribution < -0.4 is 9.64 Å². The molecule has 0 saturated heterocycles. The van der Waals surface area contributed by atoms with E-state index in [2.05, 4.69) is 9.97 Å². The van der Waals surface area contributed by atoms with Crippen molar-refractivity contribution in [2.75, 3.05) is 17.8 Å². The fourth-order valence-corrected chi connectivity index (χ4v) is 5.62. The molecule has 2 heterocycles. The molecule has 1 amide bonds. The Bertz CT molecular complexity index is 1410. The number of anilines is 1. The molecule has 0 unspecified atom stereocenters. The lowest BCUT2D eigenvalue weighted by Gasteiger charge is -2.19. The zero-order chi connectivity index (χ0) is 23.6. The molecule has 4 aromatic rings. The van der Waals surface area contributed by atoms with Crippen LogP contribution in [0, 0.1) is 6.92 Å². The molecule has 0 N–H and O–H groups in total. The Balaban J connectivity index is 1.70. The molecule has 170 valence electrons. The molecule has 0 aliphatic carbocycles. The van der Waals surface area contributed by atoms with Crippen LogP contribution >= 0.6 is 22.9 Å². The van der Waals surface area contributed by atoms with Crippen LogP contribution in [0.3, 0.4) is 0 Å². The maximum atomic E-state index is 13.3. The van der Waals surface area contributed by atoms with Gasteiger partial charge in [-0.25, -0.2) is 13.4 Å². The topological polar surface area (TPSA) is 89.5 Å². The van der Waals surface area contributed by atoms with Gasteiger partial charge < -0.3 is 4.74 Å². The number of aryl methyl sites for hydroxylation is 1. The number of aromatic nitrogens is 2. The van der Waals surface area contributed by atoms with Gasteiger partial charge in [-0.05, 0) is 61.0 Å². The maximum Gasteiger partial charge on any atom is 0.244 e. The van der Waals surface area contributed by atoms with Gasteiger partial charge in [0, 0.05) is 11.2 Å². The fraction of sp³-hybridized carbons (Fsp3) is 0.174. The molecule has 0 aliphatic rings. The number of thiazole rings is 1. The van der Waals surface area contributed by atoms with E-state index in [-0.39, 0.29) is 11.4 Å². The predicted octanol–water partition coefficient (Wildman–Crippen LogP) is 4.67. The van der Waals surface area contributed by atoms with Gasteiger partial charge in [0.05, 0.1) is 34.5 Å². The normalized spacial score (nSPS) is 11.5. The summed E-state index contributed by atoms with van der Waals surface area (Å²) >= 11 is 7.53. The van der Waals surface area contributed by atoms with Gasteiger partial charge in [0.25, 0.3) is 0 Å². The van der Waals surface area contributed by atoms with E-state index in [0.717, 1.165) is 10.3 Å². The smallest absolute Gasteiger partial charge is 0.244 e. The Morgan fingerprint density at radius 3 is 2.55 bits per heavy atom. The molecule has 7 nitrogen and oxygen atoms in total. The molecular weight excluding hydrogens is 482 g/mol. The van der Waals surface area contributed by atoms with Gasteiger partial charge >= 0.3 is 0 Å². The number of amides is 1. The summed E-state index contributed by atoms with van der Waals surface area (Å²) < 4.78 is 31.9. The minimum Gasteiger partial charge on any atom is -0.497 e. The van der Waals surface area contributed by atoms with Crippen molar-refractivity contribution in [3.63, 3.8) is 0 Å². The van der Waals surface area contributed by atoms with E-state index in [1.54, 1.807) is 42.6 Å². The second-order valence-corrected chi connectivity index (χ2v) is 10.7. The number of hydrogen-bond donors (Lipinski definition) is 0. The Hall–Kier alpha value is -3.01. The van der Waals surface area contributed by atoms with Crippen LogP contribution in [0.2, 0.25) is 5.02 Å². The Morgan fingerprint density at radius 1 is 1.12 bits per heavy atom. The number of nitrogens with zero attached hydrogens (tertiary/aromatic N) is 3. The van der Waals surface area contributed by atoms with Gasteiger partial charge in [-0.2, -0.15) is 0 Å². The number of carbonyl (C=O) groups excluding carboxylic acids is 1. The third-order valence-corrected chi connectivity index (χ3v) is 8.12. The van der Waals surface area contributed by atoms with E-state index in [0.29, 0.717) is 27.1 Å². The molecule has 2 aromatic heterocycles. The number of benzene rings is 2. The van der Waals surface area contributed by atoms with E-state index in [1.807, 2.05) is 13.0 Å². The number of ether oxygens (including phenoxy) is 1. The Kier molecular flexibility index (Phi) is 6.64. The first-order chi connectivity index (χ1) is 15.8. The average Bonchev–Trinajstić information content (AvgIpc) is 3.25. The maximum absolute atomic E-state index is 13.3. The second kappa shape index (κ2) is 9.46. The summed E-state index contributed by atoms with van der Waals surface area (Å²) in [4.78, 5) is 23.6. The molecule has 0 atom stereocenters. The SMILES string of the molecule is COc1ccc(S(=O)(=O)CC(=O)N(Cc2ccccn2)c2nc3c(C)c(Cl)ccc3s2)cc1. The molecule has 0 fully saturated rings. The zero-order valence-corrected chi connectivity index (χ0v) is 20.2. The molecule has 33 heavy (non-hydrogen) atoms. The van der Waals surface area contributed by atoms with Crippen LogP contribution in [0.15, 0.2) is 65.7 Å². The highest BCUT2D eigenvalue weighted by Gasteiger charge is 2.27. The third-order valence-electron chi connectivity index (χ3n) is 5.05. The number of pyridine rings is 1. The van der Waals surface area contributed by atoms with Gasteiger partial charge in [-0.1, -0.05) is 29.0 Å². The first kappa shape index (κ1) is 23.2. The van der Waals surface area contributed by atoms with Crippen molar-refractivity contribution in [3.05, 3.63) is 77.1 Å². The van der Waals surface area contributed by atoms with Crippen molar-refractivity contribution >= 4 is 54.0 Å². The van der Waals surface area contributed by atoms with E-state index in [1.165, 1.54) is 35.5 Å². The number of methoxy groups -OCH3 is 1. The summed E-state index contributed by atoms with van der Waals surface area (Å²) in [6, 6.07) is 14.9. The van der Waals surface area contributed by atoms with Crippen molar-refractivity contribution in [1.29, 1.82) is 0 Å². The highest BCUT2D eigenvalue weighted by Crippen LogP contribution is 2.34. The summed E-state index contributed by atoms with van der Waals surface area (Å²) in [6.45, 7) is 1.94. The highest BCUT2D eigenvalue weighted by atomic mass is 35.5. The molecule has 0 saturated carbocycles. The van der Waals surface area contributed by atoms with Crippen molar-refractivity contribution in [1.82, 2.24) is 9.97 Å². The van der Waals surface area contributed by atoms with Crippen LogP contribution in [0.4, 0.5) is 5.13 Å². The summed E-state index contributed by atoms with van der Waals surface area (Å²) in [5.41, 5.74) is 2.09. The second-order valence-electron chi connectivity index (χ2n) is 7.25. The summed E-state index contributed by atoms with van der Waals surface area (Å²) in [5, 5.41) is 0.958. The van der Waals surface area contributed by atoms with Crippen molar-refractivity contribution < 1.29 is 17.9 Å². The molecule has 0 spiro atoms. The van der Waals surface area contributed by atoms with E-state index in [4.69, 9.17) is 16.3 Å². The quantitative estimate of drug-likeness (QED) is 0.365. The summed E-state index contributed by atoms with van der Waals surface area (Å²) in [7, 11) is -2.39. The zero-order valence-electron chi connectivity index (χ0n) is 17.9. The van der Waals surface area contributed by atoms with Crippen molar-refractivity contribution in [2.24, 2.45) is 0 Å². The van der Waals surface area contributed by atoms with E-state index in [9.17, 15) is 13.2 Å². The molecule has 0 bridgehead atoms. The standard InChI is InChI=1S/C23H20ClN3O4S2/c1-15-19(24)10-11-20-22(15)26-23(32-20)27(13-16-5-3-4-12-25-16)21(28)14-33(29,30)18-8-6-17(31-2)7-9-18/h3-12H,13-14H2,1-2H3. The number of sulfone groups is 1. The van der Waals surface area contributed by atoms with Crippen molar-refractivity contribution in [3.8, 4) is 5.75 Å². The van der Waals surface area contributed by atoms with Gasteiger partial charge in [0.15, 0.2) is 15.0 Å². The van der Waals surface area contributed by atoms with Gasteiger partial charge in [-0.3, -0.25) is 14.7 Å². The average molecular weight is 502 g/mol. The minimum absolute atomic E-state index is 0.0429. The first-order valence-electron chi connectivity index (χ1n) is 9.91. The summed E-state index contributed by atoms with van der Waals surface area (Å²) in [5.74, 6) is -0.776. The van der Waals surface area contributed by atoms with Crippen LogP contribution in [-0.4, -0.2) is 37.2 Å². The largest absolute Gasteiger partial charge is 0.497 e. The van der Waals surface area contributed by atoms with Crippen molar-refractivity contribution in [2.45, 2.75) is 18.4 Å². The predicted molar refractivity (Wildman–Crippen MR) is 130 cm³/mol. The Labute approximate surface area is 200 Å². The number of hydrogen-bond acceptors (Lipinski definition) is 7. The number of halogens is 1. The lowest BCUT2D eigenvalue weighted by Crippen LogP contribution is -2.35. The third kappa shape index (κ3) is 5.00. The van der Waals surface area contributed by atoms with Gasteiger partial charge in [-0.15, -0.1) is 0 Å². The number of carbonyl (C=O) groups is 1. The van der Waals surface area contributed by atoms with Crippen LogP contribution in [0.25, 0.3) is 10.2 Å². The molecule has 2 aromatic carbocycles. The van der Waals surface area contributed by atoms with Crippen LogP contribution in [0.5, 0.6) is 5.75 Å². The molecule has 0 aliphatic heterocycles. The van der Waals surface area contributed by atoms with Gasteiger partial charge in [0.1, 0.15) is 11.5 Å². The highest BCUT2D eigenvalue weighted by molar-refractivity contribution is 7.92.